The molecule has 0 saturated carbocycles. The highest BCUT2D eigenvalue weighted by atomic mass is 32.2. The second kappa shape index (κ2) is 5.15. The Labute approximate surface area is 115 Å². The van der Waals surface area contributed by atoms with Gasteiger partial charge in [0.25, 0.3) is 0 Å². The summed E-state index contributed by atoms with van der Waals surface area (Å²) in [6, 6.07) is 6.13. The molecule has 0 amide bonds. The maximum atomic E-state index is 13.6. The van der Waals surface area contributed by atoms with Gasteiger partial charge in [-0.15, -0.1) is 4.72 Å². The molecule has 2 rings (SSSR count). The van der Waals surface area contributed by atoms with Crippen molar-refractivity contribution < 1.29 is 13.4 Å². The molecule has 1 aromatic carbocycles. The van der Waals surface area contributed by atoms with E-state index in [-0.39, 0.29) is 16.6 Å². The van der Waals surface area contributed by atoms with Crippen molar-refractivity contribution in [1.29, 1.82) is 0 Å². The monoisotopic (exact) mass is 283 g/mol. The number of nitrogens with one attached hydrogen (secondary N) is 1. The summed E-state index contributed by atoms with van der Waals surface area (Å²) in [4.78, 5) is 0. The number of benzene rings is 1. The highest BCUT2D eigenvalue weighted by molar-refractivity contribution is 7.90. The fraction of sp³-hybridized carbons (Fsp3) is 0.429. The van der Waals surface area contributed by atoms with E-state index >= 15 is 0 Å². The lowest BCUT2D eigenvalue weighted by Gasteiger charge is -2.25. The second-order valence-electron chi connectivity index (χ2n) is 5.52. The molecule has 0 aliphatic heterocycles. The first-order valence-corrected chi connectivity index (χ1v) is 7.30. The van der Waals surface area contributed by atoms with Gasteiger partial charge >= 0.3 is 0 Å². The van der Waals surface area contributed by atoms with Crippen LogP contribution in [0.4, 0.5) is 4.39 Å². The Morgan fingerprint density at radius 3 is 2.63 bits per heavy atom. The summed E-state index contributed by atoms with van der Waals surface area (Å²) in [5.41, 5.74) is 0.505. The molecule has 19 heavy (non-hydrogen) atoms. The van der Waals surface area contributed by atoms with Crippen LogP contribution in [-0.2, 0) is 11.4 Å². The Bertz CT molecular complexity index is 576. The summed E-state index contributed by atoms with van der Waals surface area (Å²) in [5, 5.41) is 0.452. The van der Waals surface area contributed by atoms with E-state index in [0.717, 1.165) is 0 Å². The predicted molar refractivity (Wildman–Crippen MR) is 75.6 cm³/mol. The van der Waals surface area contributed by atoms with Crippen molar-refractivity contribution in [3.8, 4) is 0 Å². The van der Waals surface area contributed by atoms with Gasteiger partial charge in [0.1, 0.15) is 27.9 Å². The SMILES string of the molecule is CC(N[S+]([O-])C(C)(C)C)c1cc2c(F)cccc2o1. The zero-order valence-electron chi connectivity index (χ0n) is 11.5. The second-order valence-corrected chi connectivity index (χ2v) is 7.52. The van der Waals surface area contributed by atoms with Gasteiger partial charge in [0.05, 0.1) is 5.39 Å². The van der Waals surface area contributed by atoms with Crippen molar-refractivity contribution >= 4 is 22.3 Å². The Kier molecular flexibility index (Phi) is 3.90. The van der Waals surface area contributed by atoms with E-state index in [9.17, 15) is 8.94 Å². The van der Waals surface area contributed by atoms with Gasteiger partial charge in [0.15, 0.2) is 0 Å². The highest BCUT2D eigenvalue weighted by Crippen LogP contribution is 2.27. The molecular weight excluding hydrogens is 265 g/mol. The van der Waals surface area contributed by atoms with E-state index in [0.29, 0.717) is 16.7 Å². The molecule has 0 saturated heterocycles. The quantitative estimate of drug-likeness (QED) is 0.874. The number of furan rings is 1. The van der Waals surface area contributed by atoms with E-state index in [4.69, 9.17) is 4.42 Å². The maximum absolute atomic E-state index is 13.6. The zero-order valence-corrected chi connectivity index (χ0v) is 12.3. The van der Waals surface area contributed by atoms with E-state index < -0.39 is 11.4 Å². The Balaban J connectivity index is 2.22. The van der Waals surface area contributed by atoms with Crippen molar-refractivity contribution in [3.05, 3.63) is 35.8 Å². The summed E-state index contributed by atoms with van der Waals surface area (Å²) < 4.78 is 33.8. The van der Waals surface area contributed by atoms with Gasteiger partial charge in [-0.3, -0.25) is 0 Å². The number of hydrogen-bond acceptors (Lipinski definition) is 3. The first-order chi connectivity index (χ1) is 8.79. The minimum Gasteiger partial charge on any atom is -0.598 e. The highest BCUT2D eigenvalue weighted by Gasteiger charge is 2.29. The van der Waals surface area contributed by atoms with Gasteiger partial charge in [-0.25, -0.2) is 4.39 Å². The van der Waals surface area contributed by atoms with Crippen LogP contribution >= 0.6 is 0 Å². The molecule has 3 nitrogen and oxygen atoms in total. The zero-order chi connectivity index (χ0) is 14.2. The molecule has 1 heterocycles. The average Bonchev–Trinajstić information content (AvgIpc) is 2.73. The van der Waals surface area contributed by atoms with Crippen LogP contribution in [0.15, 0.2) is 28.7 Å². The van der Waals surface area contributed by atoms with Crippen molar-refractivity contribution in [3.63, 3.8) is 0 Å². The topological polar surface area (TPSA) is 48.2 Å². The Morgan fingerprint density at radius 1 is 1.37 bits per heavy atom. The first-order valence-electron chi connectivity index (χ1n) is 6.15. The van der Waals surface area contributed by atoms with E-state index in [1.807, 2.05) is 27.7 Å². The molecule has 0 spiro atoms. The van der Waals surface area contributed by atoms with Crippen LogP contribution in [-0.4, -0.2) is 9.30 Å². The number of rotatable bonds is 3. The fourth-order valence-electron chi connectivity index (χ4n) is 1.65. The van der Waals surface area contributed by atoms with Crippen LogP contribution in [0.2, 0.25) is 0 Å². The third-order valence-corrected chi connectivity index (χ3v) is 4.47. The first kappa shape index (κ1) is 14.4. The van der Waals surface area contributed by atoms with Crippen molar-refractivity contribution in [2.75, 3.05) is 0 Å². The summed E-state index contributed by atoms with van der Waals surface area (Å²) in [7, 11) is 0. The van der Waals surface area contributed by atoms with Crippen molar-refractivity contribution in [1.82, 2.24) is 4.72 Å². The molecule has 0 fully saturated rings. The van der Waals surface area contributed by atoms with Gasteiger partial charge in [0, 0.05) is 11.4 Å². The molecule has 1 N–H and O–H groups in total. The number of hydrogen-bond donors (Lipinski definition) is 1. The number of halogens is 1. The van der Waals surface area contributed by atoms with Gasteiger partial charge < -0.3 is 8.97 Å². The molecule has 104 valence electrons. The molecule has 5 heteroatoms. The molecule has 1 aromatic heterocycles. The molecule has 0 radical (unpaired) electrons. The minimum absolute atomic E-state index is 0.244. The molecule has 2 aromatic rings. The maximum Gasteiger partial charge on any atom is 0.137 e. The predicted octanol–water partition coefficient (Wildman–Crippen LogP) is 3.68. The van der Waals surface area contributed by atoms with Crippen molar-refractivity contribution in [2.45, 2.75) is 38.5 Å². The standard InChI is InChI=1S/C14H18FNO2S/c1-9(16-19(17)14(2,3)4)13-8-10-11(15)6-5-7-12(10)18-13/h5-9,16H,1-4H3. The van der Waals surface area contributed by atoms with Crippen LogP contribution in [0.1, 0.15) is 39.5 Å². The van der Waals surface area contributed by atoms with Gasteiger partial charge in [-0.2, -0.15) is 0 Å². The fourth-order valence-corrected chi connectivity index (χ4v) is 2.44. The summed E-state index contributed by atoms with van der Waals surface area (Å²) in [6.45, 7) is 7.52. The lowest BCUT2D eigenvalue weighted by Crippen LogP contribution is -2.40. The third-order valence-electron chi connectivity index (χ3n) is 2.79. The average molecular weight is 283 g/mol. The Hall–Kier alpha value is -1.04. The number of fused-ring (bicyclic) bond motifs is 1. The molecule has 2 atom stereocenters. The lowest BCUT2D eigenvalue weighted by atomic mass is 10.2. The summed E-state index contributed by atoms with van der Waals surface area (Å²) >= 11 is -1.20. The van der Waals surface area contributed by atoms with Gasteiger partial charge in [0.2, 0.25) is 0 Å². The van der Waals surface area contributed by atoms with Crippen LogP contribution in [0, 0.1) is 5.82 Å². The molecule has 0 aliphatic rings. The summed E-state index contributed by atoms with van der Waals surface area (Å²) in [5.74, 6) is 0.273. The van der Waals surface area contributed by atoms with Crippen LogP contribution < -0.4 is 4.72 Å². The van der Waals surface area contributed by atoms with Crippen LogP contribution in [0.5, 0.6) is 0 Å². The molecule has 0 aliphatic carbocycles. The van der Waals surface area contributed by atoms with Crippen LogP contribution in [0.25, 0.3) is 11.0 Å². The van der Waals surface area contributed by atoms with E-state index in [2.05, 4.69) is 4.72 Å². The Morgan fingerprint density at radius 2 is 2.05 bits per heavy atom. The molecule has 2 unspecified atom stereocenters. The van der Waals surface area contributed by atoms with Gasteiger partial charge in [-0.05, 0) is 45.9 Å². The normalized spacial score (nSPS) is 15.7. The van der Waals surface area contributed by atoms with Gasteiger partial charge in [-0.1, -0.05) is 6.07 Å². The van der Waals surface area contributed by atoms with E-state index in [1.54, 1.807) is 18.2 Å². The summed E-state index contributed by atoms with van der Waals surface area (Å²) in [6.07, 6.45) is 0. The van der Waals surface area contributed by atoms with Crippen molar-refractivity contribution in [2.24, 2.45) is 0 Å². The lowest BCUT2D eigenvalue weighted by molar-refractivity contribution is 0.475. The smallest absolute Gasteiger partial charge is 0.137 e. The minimum atomic E-state index is -1.20. The van der Waals surface area contributed by atoms with Crippen LogP contribution in [0.3, 0.4) is 0 Å². The largest absolute Gasteiger partial charge is 0.598 e. The van der Waals surface area contributed by atoms with E-state index in [1.165, 1.54) is 6.07 Å². The molecular formula is C14H18FNO2S. The molecule has 0 bridgehead atoms. The third kappa shape index (κ3) is 3.11.